The van der Waals surface area contributed by atoms with E-state index in [0.717, 1.165) is 5.69 Å². The molecule has 0 saturated carbocycles. The Morgan fingerprint density at radius 2 is 2.04 bits per heavy atom. The number of para-hydroxylation sites is 1. The molecule has 1 aromatic carbocycles. The maximum Gasteiger partial charge on any atom is 0.287 e. The zero-order valence-corrected chi connectivity index (χ0v) is 12.8. The van der Waals surface area contributed by atoms with E-state index in [4.69, 9.17) is 8.94 Å². The number of rotatable bonds is 4. The van der Waals surface area contributed by atoms with Crippen LogP contribution >= 0.6 is 0 Å². The van der Waals surface area contributed by atoms with Crippen molar-refractivity contribution in [3.63, 3.8) is 0 Å². The third kappa shape index (κ3) is 3.15. The molecule has 2 heterocycles. The van der Waals surface area contributed by atoms with Gasteiger partial charge in [-0.1, -0.05) is 31.1 Å². The summed E-state index contributed by atoms with van der Waals surface area (Å²) >= 11 is 0. The molecule has 6 heteroatoms. The first-order valence-corrected chi connectivity index (χ1v) is 7.31. The third-order valence-corrected chi connectivity index (χ3v) is 3.45. The van der Waals surface area contributed by atoms with Crippen LogP contribution in [0.1, 0.15) is 41.8 Å². The van der Waals surface area contributed by atoms with Gasteiger partial charge in [0.15, 0.2) is 16.9 Å². The summed E-state index contributed by atoms with van der Waals surface area (Å²) in [5.74, 6) is 0.291. The van der Waals surface area contributed by atoms with Crippen LogP contribution in [0.4, 0.5) is 0 Å². The Labute approximate surface area is 132 Å². The van der Waals surface area contributed by atoms with Crippen LogP contribution < -0.4 is 10.7 Å². The monoisotopic (exact) mass is 312 g/mol. The average molecular weight is 312 g/mol. The molecule has 0 unspecified atom stereocenters. The molecule has 0 aliphatic rings. The predicted octanol–water partition coefficient (Wildman–Crippen LogP) is 2.83. The molecular weight excluding hydrogens is 296 g/mol. The van der Waals surface area contributed by atoms with Crippen molar-refractivity contribution < 1.29 is 13.7 Å². The highest BCUT2D eigenvalue weighted by atomic mass is 16.5. The first kappa shape index (κ1) is 15.0. The Hall–Kier alpha value is -2.89. The lowest BCUT2D eigenvalue weighted by Gasteiger charge is -2.03. The van der Waals surface area contributed by atoms with E-state index >= 15 is 0 Å². The Kier molecular flexibility index (Phi) is 3.97. The van der Waals surface area contributed by atoms with Crippen molar-refractivity contribution in [1.29, 1.82) is 0 Å². The zero-order chi connectivity index (χ0) is 16.4. The fourth-order valence-electron chi connectivity index (χ4n) is 2.15. The van der Waals surface area contributed by atoms with Gasteiger partial charge in [0.1, 0.15) is 5.58 Å². The summed E-state index contributed by atoms with van der Waals surface area (Å²) < 4.78 is 10.6. The summed E-state index contributed by atoms with van der Waals surface area (Å²) in [6.07, 6.45) is 0. The Morgan fingerprint density at radius 1 is 1.26 bits per heavy atom. The highest BCUT2D eigenvalue weighted by molar-refractivity contribution is 5.93. The molecule has 0 spiro atoms. The van der Waals surface area contributed by atoms with Gasteiger partial charge in [-0.2, -0.15) is 0 Å². The number of fused-ring (bicyclic) bond motifs is 1. The second-order valence-electron chi connectivity index (χ2n) is 5.53. The molecule has 2 aromatic heterocycles. The van der Waals surface area contributed by atoms with Crippen LogP contribution in [0.5, 0.6) is 0 Å². The molecule has 3 rings (SSSR count). The topological polar surface area (TPSA) is 85.3 Å². The average Bonchev–Trinajstić information content (AvgIpc) is 3.02. The first-order valence-electron chi connectivity index (χ1n) is 7.31. The second kappa shape index (κ2) is 6.08. The summed E-state index contributed by atoms with van der Waals surface area (Å²) in [6.45, 7) is 4.18. The molecule has 1 N–H and O–H groups in total. The van der Waals surface area contributed by atoms with Crippen molar-refractivity contribution >= 4 is 16.9 Å². The van der Waals surface area contributed by atoms with Crippen LogP contribution in [0.2, 0.25) is 0 Å². The van der Waals surface area contributed by atoms with E-state index in [1.807, 2.05) is 13.8 Å². The molecule has 0 bridgehead atoms. The number of hydrogen-bond donors (Lipinski definition) is 1. The van der Waals surface area contributed by atoms with Gasteiger partial charge in [-0.3, -0.25) is 9.59 Å². The number of nitrogens with one attached hydrogen (secondary N) is 1. The van der Waals surface area contributed by atoms with Gasteiger partial charge in [0.05, 0.1) is 17.6 Å². The quantitative estimate of drug-likeness (QED) is 0.800. The van der Waals surface area contributed by atoms with Crippen LogP contribution in [0.3, 0.4) is 0 Å². The van der Waals surface area contributed by atoms with Crippen molar-refractivity contribution in [1.82, 2.24) is 10.5 Å². The lowest BCUT2D eigenvalue weighted by molar-refractivity contribution is 0.0920. The molecular formula is C17H16N2O4. The molecule has 3 aromatic rings. The molecule has 0 aliphatic heterocycles. The standard InChI is InChI=1S/C17H16N2O4/c1-10(2)13-7-11(23-19-13)9-18-17(21)16-8-14(20)12-5-3-4-6-15(12)22-16/h3-8,10H,9H2,1-2H3,(H,18,21). The van der Waals surface area contributed by atoms with E-state index in [1.165, 1.54) is 6.07 Å². The zero-order valence-electron chi connectivity index (χ0n) is 12.8. The van der Waals surface area contributed by atoms with Crippen LogP contribution in [-0.2, 0) is 6.54 Å². The highest BCUT2D eigenvalue weighted by Gasteiger charge is 2.13. The Morgan fingerprint density at radius 3 is 2.78 bits per heavy atom. The van der Waals surface area contributed by atoms with Crippen molar-refractivity contribution in [2.75, 3.05) is 0 Å². The van der Waals surface area contributed by atoms with E-state index in [1.54, 1.807) is 30.3 Å². The minimum Gasteiger partial charge on any atom is -0.451 e. The van der Waals surface area contributed by atoms with Crippen molar-refractivity contribution in [3.05, 3.63) is 63.8 Å². The van der Waals surface area contributed by atoms with Gasteiger partial charge in [-0.05, 0) is 18.1 Å². The van der Waals surface area contributed by atoms with Crippen LogP contribution in [0.15, 0.2) is 50.1 Å². The summed E-state index contributed by atoms with van der Waals surface area (Å²) in [5.41, 5.74) is 0.956. The molecule has 0 saturated heterocycles. The molecule has 1 amide bonds. The molecule has 0 aliphatic carbocycles. The Bertz CT molecular complexity index is 908. The van der Waals surface area contributed by atoms with Gasteiger partial charge >= 0.3 is 0 Å². The van der Waals surface area contributed by atoms with Crippen molar-refractivity contribution in [2.24, 2.45) is 0 Å². The van der Waals surface area contributed by atoms with Gasteiger partial charge in [-0.25, -0.2) is 0 Å². The minimum atomic E-state index is -0.477. The van der Waals surface area contributed by atoms with Crippen LogP contribution in [0.25, 0.3) is 11.0 Å². The summed E-state index contributed by atoms with van der Waals surface area (Å²) in [7, 11) is 0. The van der Waals surface area contributed by atoms with E-state index in [-0.39, 0.29) is 23.7 Å². The summed E-state index contributed by atoms with van der Waals surface area (Å²) in [6, 6.07) is 9.78. The fourth-order valence-corrected chi connectivity index (χ4v) is 2.15. The molecule has 0 radical (unpaired) electrons. The number of carbonyl (C=O) groups excluding carboxylic acids is 1. The van der Waals surface area contributed by atoms with Crippen LogP contribution in [-0.4, -0.2) is 11.1 Å². The van der Waals surface area contributed by atoms with Gasteiger partial charge in [0, 0.05) is 12.1 Å². The van der Waals surface area contributed by atoms with Gasteiger partial charge in [-0.15, -0.1) is 0 Å². The van der Waals surface area contributed by atoms with E-state index in [2.05, 4.69) is 10.5 Å². The van der Waals surface area contributed by atoms with E-state index in [0.29, 0.717) is 16.7 Å². The van der Waals surface area contributed by atoms with Gasteiger partial charge in [0.2, 0.25) is 0 Å². The highest BCUT2D eigenvalue weighted by Crippen LogP contribution is 2.14. The minimum absolute atomic E-state index is 0.0303. The molecule has 23 heavy (non-hydrogen) atoms. The number of hydrogen-bond acceptors (Lipinski definition) is 5. The fraction of sp³-hybridized carbons (Fsp3) is 0.235. The maximum atomic E-state index is 12.1. The number of nitrogens with zero attached hydrogens (tertiary/aromatic N) is 1. The number of benzene rings is 1. The number of aromatic nitrogens is 1. The molecule has 0 fully saturated rings. The largest absolute Gasteiger partial charge is 0.451 e. The molecule has 118 valence electrons. The first-order chi connectivity index (χ1) is 11.0. The van der Waals surface area contributed by atoms with E-state index < -0.39 is 5.91 Å². The van der Waals surface area contributed by atoms with Gasteiger partial charge < -0.3 is 14.3 Å². The predicted molar refractivity (Wildman–Crippen MR) is 84.2 cm³/mol. The number of amides is 1. The smallest absolute Gasteiger partial charge is 0.287 e. The normalized spacial score (nSPS) is 11.1. The van der Waals surface area contributed by atoms with Crippen LogP contribution in [0, 0.1) is 0 Å². The lowest BCUT2D eigenvalue weighted by Crippen LogP contribution is -2.23. The molecule has 6 nitrogen and oxygen atoms in total. The van der Waals surface area contributed by atoms with Gasteiger partial charge in [0.25, 0.3) is 5.91 Å². The Balaban J connectivity index is 1.76. The lowest BCUT2D eigenvalue weighted by atomic mass is 10.1. The second-order valence-corrected chi connectivity index (χ2v) is 5.53. The SMILES string of the molecule is CC(C)c1cc(CNC(=O)c2cc(=O)c3ccccc3o2)on1. The number of carbonyl (C=O) groups is 1. The maximum absolute atomic E-state index is 12.1. The molecule has 0 atom stereocenters. The summed E-state index contributed by atoms with van der Waals surface area (Å²) in [4.78, 5) is 24.1. The summed E-state index contributed by atoms with van der Waals surface area (Å²) in [5, 5.41) is 7.02. The van der Waals surface area contributed by atoms with E-state index in [9.17, 15) is 9.59 Å². The third-order valence-electron chi connectivity index (χ3n) is 3.45. The van der Waals surface area contributed by atoms with Crippen molar-refractivity contribution in [3.8, 4) is 0 Å². The van der Waals surface area contributed by atoms with Crippen molar-refractivity contribution in [2.45, 2.75) is 26.3 Å².